The van der Waals surface area contributed by atoms with Gasteiger partial charge in [-0.05, 0) is 26.2 Å². The SMILES string of the molecule is CC1CN(CCCF)C2(CCCC2)CN1. The molecule has 3 heteroatoms. The monoisotopic (exact) mass is 214 g/mol. The first-order chi connectivity index (χ1) is 7.27. The number of alkyl halides is 1. The van der Waals surface area contributed by atoms with Crippen molar-refractivity contribution in [2.24, 2.45) is 0 Å². The molecule has 0 aromatic carbocycles. The van der Waals surface area contributed by atoms with Crippen LogP contribution < -0.4 is 5.32 Å². The van der Waals surface area contributed by atoms with Gasteiger partial charge in [-0.2, -0.15) is 0 Å². The van der Waals surface area contributed by atoms with Gasteiger partial charge in [-0.15, -0.1) is 0 Å². The molecule has 1 N–H and O–H groups in total. The Morgan fingerprint density at radius 2 is 2.13 bits per heavy atom. The molecule has 1 heterocycles. The van der Waals surface area contributed by atoms with Crippen molar-refractivity contribution in [3.63, 3.8) is 0 Å². The summed E-state index contributed by atoms with van der Waals surface area (Å²) in [5, 5.41) is 3.59. The number of nitrogens with one attached hydrogen (secondary N) is 1. The van der Waals surface area contributed by atoms with E-state index in [-0.39, 0.29) is 6.67 Å². The van der Waals surface area contributed by atoms with Gasteiger partial charge in [0, 0.05) is 31.2 Å². The number of piperazine rings is 1. The lowest BCUT2D eigenvalue weighted by atomic mass is 9.91. The van der Waals surface area contributed by atoms with Gasteiger partial charge in [0.15, 0.2) is 0 Å². The van der Waals surface area contributed by atoms with E-state index in [0.717, 1.165) is 19.6 Å². The van der Waals surface area contributed by atoms with E-state index < -0.39 is 0 Å². The number of nitrogens with zero attached hydrogens (tertiary/aromatic N) is 1. The Balaban J connectivity index is 1.99. The highest BCUT2D eigenvalue weighted by molar-refractivity contribution is 5.00. The average Bonchev–Trinajstić information content (AvgIpc) is 2.70. The van der Waals surface area contributed by atoms with E-state index in [0.29, 0.717) is 18.0 Å². The summed E-state index contributed by atoms with van der Waals surface area (Å²) in [5.41, 5.74) is 0.377. The summed E-state index contributed by atoms with van der Waals surface area (Å²) in [5.74, 6) is 0. The largest absolute Gasteiger partial charge is 0.311 e. The van der Waals surface area contributed by atoms with Crippen molar-refractivity contribution >= 4 is 0 Å². The van der Waals surface area contributed by atoms with Gasteiger partial charge in [0.25, 0.3) is 0 Å². The molecular formula is C12H23FN2. The fourth-order valence-corrected chi connectivity index (χ4v) is 3.17. The zero-order chi connectivity index (χ0) is 10.7. The molecular weight excluding hydrogens is 191 g/mol. The third-order valence-electron chi connectivity index (χ3n) is 4.04. The Labute approximate surface area is 92.2 Å². The van der Waals surface area contributed by atoms with Crippen molar-refractivity contribution in [2.45, 2.75) is 50.6 Å². The van der Waals surface area contributed by atoms with E-state index in [1.807, 2.05) is 0 Å². The van der Waals surface area contributed by atoms with Gasteiger partial charge in [-0.1, -0.05) is 12.8 Å². The standard InChI is InChI=1S/C12H23FN2/c1-11-9-15(8-4-7-13)12(10-14-11)5-2-3-6-12/h11,14H,2-10H2,1H3. The molecule has 0 aromatic heterocycles. The van der Waals surface area contributed by atoms with E-state index in [1.54, 1.807) is 0 Å². The first-order valence-corrected chi connectivity index (χ1v) is 6.31. The van der Waals surface area contributed by atoms with Crippen LogP contribution in [0.1, 0.15) is 39.0 Å². The van der Waals surface area contributed by atoms with Crippen molar-refractivity contribution in [3.8, 4) is 0 Å². The van der Waals surface area contributed by atoms with E-state index in [4.69, 9.17) is 0 Å². The van der Waals surface area contributed by atoms with E-state index >= 15 is 0 Å². The molecule has 2 fully saturated rings. The maximum absolute atomic E-state index is 12.3. The molecule has 1 atom stereocenters. The smallest absolute Gasteiger partial charge is 0.0906 e. The fourth-order valence-electron chi connectivity index (χ4n) is 3.17. The molecule has 2 rings (SSSR count). The van der Waals surface area contributed by atoms with Gasteiger partial charge in [-0.3, -0.25) is 9.29 Å². The Morgan fingerprint density at radius 1 is 1.40 bits per heavy atom. The maximum atomic E-state index is 12.3. The second kappa shape index (κ2) is 4.79. The Bertz CT molecular complexity index is 202. The molecule has 15 heavy (non-hydrogen) atoms. The van der Waals surface area contributed by atoms with Crippen molar-refractivity contribution < 1.29 is 4.39 Å². The predicted molar refractivity (Wildman–Crippen MR) is 60.8 cm³/mol. The summed E-state index contributed by atoms with van der Waals surface area (Å²) in [6, 6.07) is 0.566. The predicted octanol–water partition coefficient (Wildman–Crippen LogP) is 1.95. The molecule has 2 nitrogen and oxygen atoms in total. The molecule has 2 aliphatic rings. The maximum Gasteiger partial charge on any atom is 0.0906 e. The van der Waals surface area contributed by atoms with Crippen LogP contribution in [0.5, 0.6) is 0 Å². The van der Waals surface area contributed by atoms with E-state index in [9.17, 15) is 4.39 Å². The topological polar surface area (TPSA) is 15.3 Å². The van der Waals surface area contributed by atoms with Crippen LogP contribution >= 0.6 is 0 Å². The molecule has 1 aliphatic carbocycles. The van der Waals surface area contributed by atoms with Crippen LogP contribution in [0.4, 0.5) is 4.39 Å². The van der Waals surface area contributed by atoms with Crippen molar-refractivity contribution in [3.05, 3.63) is 0 Å². The van der Waals surface area contributed by atoms with Gasteiger partial charge < -0.3 is 5.32 Å². The van der Waals surface area contributed by atoms with Crippen LogP contribution in [0.15, 0.2) is 0 Å². The number of rotatable bonds is 3. The Kier molecular flexibility index (Phi) is 3.62. The third kappa shape index (κ3) is 2.34. The van der Waals surface area contributed by atoms with Crippen molar-refractivity contribution in [1.29, 1.82) is 0 Å². The lowest BCUT2D eigenvalue weighted by Gasteiger charge is -2.47. The number of halogens is 1. The van der Waals surface area contributed by atoms with Crippen LogP contribution in [0.3, 0.4) is 0 Å². The molecule has 0 radical (unpaired) electrons. The molecule has 1 unspecified atom stereocenters. The fraction of sp³-hybridized carbons (Fsp3) is 1.00. The molecule has 88 valence electrons. The van der Waals surface area contributed by atoms with Crippen LogP contribution in [0, 0.1) is 0 Å². The molecule has 1 saturated heterocycles. The minimum atomic E-state index is -0.172. The van der Waals surface area contributed by atoms with Gasteiger partial charge in [0.05, 0.1) is 6.67 Å². The molecule has 1 saturated carbocycles. The van der Waals surface area contributed by atoms with E-state index in [1.165, 1.54) is 25.7 Å². The van der Waals surface area contributed by atoms with Gasteiger partial charge in [0.1, 0.15) is 0 Å². The molecule has 1 aliphatic heterocycles. The summed E-state index contributed by atoms with van der Waals surface area (Å²) in [7, 11) is 0. The van der Waals surface area contributed by atoms with Gasteiger partial charge >= 0.3 is 0 Å². The lowest BCUT2D eigenvalue weighted by molar-refractivity contribution is 0.0441. The minimum absolute atomic E-state index is 0.172. The van der Waals surface area contributed by atoms with Crippen molar-refractivity contribution in [1.82, 2.24) is 10.2 Å². The highest BCUT2D eigenvalue weighted by atomic mass is 19.1. The average molecular weight is 214 g/mol. The number of hydrogen-bond acceptors (Lipinski definition) is 2. The lowest BCUT2D eigenvalue weighted by Crippen LogP contribution is -2.63. The van der Waals surface area contributed by atoms with Gasteiger partial charge in [-0.25, -0.2) is 0 Å². The third-order valence-corrected chi connectivity index (χ3v) is 4.04. The Morgan fingerprint density at radius 3 is 2.80 bits per heavy atom. The zero-order valence-corrected chi connectivity index (χ0v) is 9.77. The first-order valence-electron chi connectivity index (χ1n) is 6.31. The molecule has 0 bridgehead atoms. The first kappa shape index (κ1) is 11.3. The molecule has 1 spiro atoms. The molecule has 0 aromatic rings. The second-order valence-electron chi connectivity index (χ2n) is 5.20. The van der Waals surface area contributed by atoms with E-state index in [2.05, 4.69) is 17.1 Å². The van der Waals surface area contributed by atoms with Crippen LogP contribution in [-0.2, 0) is 0 Å². The highest BCUT2D eigenvalue weighted by Crippen LogP contribution is 2.36. The number of hydrogen-bond donors (Lipinski definition) is 1. The van der Waals surface area contributed by atoms with Gasteiger partial charge in [0.2, 0.25) is 0 Å². The van der Waals surface area contributed by atoms with Crippen LogP contribution in [0.2, 0.25) is 0 Å². The highest BCUT2D eigenvalue weighted by Gasteiger charge is 2.42. The summed E-state index contributed by atoms with van der Waals surface area (Å²) >= 11 is 0. The van der Waals surface area contributed by atoms with Crippen LogP contribution in [-0.4, -0.2) is 42.8 Å². The quantitative estimate of drug-likeness (QED) is 0.772. The molecule has 0 amide bonds. The zero-order valence-electron chi connectivity index (χ0n) is 9.77. The summed E-state index contributed by atoms with van der Waals surface area (Å²) in [6.07, 6.45) is 6.01. The second-order valence-corrected chi connectivity index (χ2v) is 5.20. The summed E-state index contributed by atoms with van der Waals surface area (Å²) in [6.45, 7) is 5.21. The minimum Gasteiger partial charge on any atom is -0.311 e. The normalized spacial score (nSPS) is 31.2. The van der Waals surface area contributed by atoms with Crippen molar-refractivity contribution in [2.75, 3.05) is 26.3 Å². The Hall–Kier alpha value is -0.150. The van der Waals surface area contributed by atoms with Crippen LogP contribution in [0.25, 0.3) is 0 Å². The summed E-state index contributed by atoms with van der Waals surface area (Å²) < 4.78 is 12.3. The summed E-state index contributed by atoms with van der Waals surface area (Å²) in [4.78, 5) is 2.56.